The highest BCUT2D eigenvalue weighted by Gasteiger charge is 2.08. The van der Waals surface area contributed by atoms with E-state index in [0.717, 1.165) is 17.9 Å². The molecule has 6 nitrogen and oxygen atoms in total. The fraction of sp³-hybridized carbons (Fsp3) is 0.154. The first kappa shape index (κ1) is 11.5. The highest BCUT2D eigenvalue weighted by Crippen LogP contribution is 2.20. The lowest BCUT2D eigenvalue weighted by atomic mass is 10.3. The molecule has 6 heteroatoms. The first-order valence-electron chi connectivity index (χ1n) is 6.01. The van der Waals surface area contributed by atoms with Gasteiger partial charge < -0.3 is 5.32 Å². The summed E-state index contributed by atoms with van der Waals surface area (Å²) in [7, 11) is 0. The summed E-state index contributed by atoms with van der Waals surface area (Å²) >= 11 is 0. The number of nitrogens with zero attached hydrogens (tertiary/aromatic N) is 5. The molecular formula is C13H12N6. The second-order valence-corrected chi connectivity index (χ2v) is 3.93. The molecule has 0 aromatic carbocycles. The molecule has 0 fully saturated rings. The molecule has 0 aliphatic carbocycles. The number of aryl methyl sites for hydroxylation is 1. The lowest BCUT2D eigenvalue weighted by Gasteiger charge is -2.08. The van der Waals surface area contributed by atoms with Crippen molar-refractivity contribution in [3.8, 4) is 0 Å². The van der Waals surface area contributed by atoms with Gasteiger partial charge in [-0.25, -0.2) is 19.9 Å². The fourth-order valence-corrected chi connectivity index (χ4v) is 1.73. The van der Waals surface area contributed by atoms with E-state index in [0.29, 0.717) is 17.0 Å². The minimum absolute atomic E-state index is 0.603. The zero-order chi connectivity index (χ0) is 13.1. The molecule has 3 aromatic rings. The Labute approximate surface area is 110 Å². The summed E-state index contributed by atoms with van der Waals surface area (Å²) in [5, 5.41) is 3.23. The van der Waals surface area contributed by atoms with Crippen LogP contribution in [0.2, 0.25) is 0 Å². The summed E-state index contributed by atoms with van der Waals surface area (Å²) in [5.41, 5.74) is 2.17. The third-order valence-electron chi connectivity index (χ3n) is 2.64. The SMILES string of the molecule is CCc1nc(Nc2ccncc2)c2nccnc2n1. The molecule has 1 N–H and O–H groups in total. The number of aromatic nitrogens is 5. The summed E-state index contributed by atoms with van der Waals surface area (Å²) in [6.45, 7) is 2.01. The minimum Gasteiger partial charge on any atom is -0.338 e. The molecule has 0 aliphatic rings. The maximum absolute atomic E-state index is 4.47. The van der Waals surface area contributed by atoms with Gasteiger partial charge in [0, 0.05) is 36.9 Å². The second-order valence-electron chi connectivity index (χ2n) is 3.93. The van der Waals surface area contributed by atoms with Crippen LogP contribution in [0, 0.1) is 0 Å². The largest absolute Gasteiger partial charge is 0.338 e. The molecule has 3 heterocycles. The summed E-state index contributed by atoms with van der Waals surface area (Å²) in [6.07, 6.45) is 7.45. The molecule has 0 atom stereocenters. The quantitative estimate of drug-likeness (QED) is 0.769. The molecule has 3 aromatic heterocycles. The number of nitrogens with one attached hydrogen (secondary N) is 1. The number of pyridine rings is 1. The summed E-state index contributed by atoms with van der Waals surface area (Å²) in [6, 6.07) is 3.74. The van der Waals surface area contributed by atoms with Crippen LogP contribution in [0.5, 0.6) is 0 Å². The van der Waals surface area contributed by atoms with E-state index in [9.17, 15) is 0 Å². The summed E-state index contributed by atoms with van der Waals surface area (Å²) in [4.78, 5) is 21.3. The third kappa shape index (κ3) is 2.33. The van der Waals surface area contributed by atoms with Gasteiger partial charge in [0.25, 0.3) is 0 Å². The molecule has 0 spiro atoms. The third-order valence-corrected chi connectivity index (χ3v) is 2.64. The van der Waals surface area contributed by atoms with E-state index in [-0.39, 0.29) is 0 Å². The van der Waals surface area contributed by atoms with Gasteiger partial charge in [-0.3, -0.25) is 4.98 Å². The highest BCUT2D eigenvalue weighted by molar-refractivity contribution is 5.84. The second kappa shape index (κ2) is 4.93. The molecule has 0 bridgehead atoms. The summed E-state index contributed by atoms with van der Waals surface area (Å²) in [5.74, 6) is 1.41. The van der Waals surface area contributed by atoms with Crippen molar-refractivity contribution < 1.29 is 0 Å². The van der Waals surface area contributed by atoms with Crippen LogP contribution in [0.15, 0.2) is 36.9 Å². The highest BCUT2D eigenvalue weighted by atomic mass is 15.1. The van der Waals surface area contributed by atoms with Gasteiger partial charge in [-0.05, 0) is 12.1 Å². The Morgan fingerprint density at radius 3 is 2.58 bits per heavy atom. The Hall–Kier alpha value is -2.63. The molecule has 0 amide bonds. The zero-order valence-electron chi connectivity index (χ0n) is 10.4. The van der Waals surface area contributed by atoms with Crippen molar-refractivity contribution in [1.29, 1.82) is 0 Å². The molecule has 0 radical (unpaired) electrons. The van der Waals surface area contributed by atoms with Gasteiger partial charge in [-0.1, -0.05) is 6.92 Å². The van der Waals surface area contributed by atoms with E-state index < -0.39 is 0 Å². The minimum atomic E-state index is 0.603. The van der Waals surface area contributed by atoms with Crippen molar-refractivity contribution in [3.05, 3.63) is 42.7 Å². The lowest BCUT2D eigenvalue weighted by molar-refractivity contribution is 0.951. The molecule has 0 saturated heterocycles. The maximum atomic E-state index is 4.47. The standard InChI is InChI=1S/C13H12N6/c1-2-10-18-12-11(15-7-8-16-12)13(19-10)17-9-3-5-14-6-4-9/h3-8H,2H2,1H3,(H,14,16,17,18,19). The van der Waals surface area contributed by atoms with E-state index in [1.165, 1.54) is 0 Å². The van der Waals surface area contributed by atoms with E-state index >= 15 is 0 Å². The Morgan fingerprint density at radius 2 is 1.79 bits per heavy atom. The number of fused-ring (bicyclic) bond motifs is 1. The topological polar surface area (TPSA) is 76.5 Å². The Bertz CT molecular complexity index is 698. The molecular weight excluding hydrogens is 240 g/mol. The predicted octanol–water partition coefficient (Wildman–Crippen LogP) is 2.12. The number of hydrogen-bond acceptors (Lipinski definition) is 6. The van der Waals surface area contributed by atoms with E-state index in [2.05, 4.69) is 30.2 Å². The van der Waals surface area contributed by atoms with Gasteiger partial charge in [0.2, 0.25) is 0 Å². The van der Waals surface area contributed by atoms with Crippen LogP contribution in [0.4, 0.5) is 11.5 Å². The number of anilines is 2. The van der Waals surface area contributed by atoms with Crippen LogP contribution >= 0.6 is 0 Å². The maximum Gasteiger partial charge on any atom is 0.183 e. The van der Waals surface area contributed by atoms with Crippen molar-refractivity contribution in [1.82, 2.24) is 24.9 Å². The number of rotatable bonds is 3. The monoisotopic (exact) mass is 252 g/mol. The smallest absolute Gasteiger partial charge is 0.183 e. The van der Waals surface area contributed by atoms with Crippen LogP contribution in [0.3, 0.4) is 0 Å². The Balaban J connectivity index is 2.11. The van der Waals surface area contributed by atoms with Crippen molar-refractivity contribution in [2.24, 2.45) is 0 Å². The Kier molecular flexibility index (Phi) is 2.97. The Morgan fingerprint density at radius 1 is 1.00 bits per heavy atom. The normalized spacial score (nSPS) is 10.6. The van der Waals surface area contributed by atoms with Crippen molar-refractivity contribution >= 4 is 22.7 Å². The van der Waals surface area contributed by atoms with Crippen LogP contribution in [-0.2, 0) is 6.42 Å². The van der Waals surface area contributed by atoms with Gasteiger partial charge in [0.1, 0.15) is 5.82 Å². The molecule has 0 saturated carbocycles. The first-order chi connectivity index (χ1) is 9.36. The van der Waals surface area contributed by atoms with E-state index in [1.807, 2.05) is 19.1 Å². The van der Waals surface area contributed by atoms with Crippen molar-refractivity contribution in [2.75, 3.05) is 5.32 Å². The van der Waals surface area contributed by atoms with Crippen LogP contribution in [0.25, 0.3) is 11.2 Å². The summed E-state index contributed by atoms with van der Waals surface area (Å²) < 4.78 is 0. The molecule has 94 valence electrons. The van der Waals surface area contributed by atoms with E-state index in [1.54, 1.807) is 24.8 Å². The first-order valence-corrected chi connectivity index (χ1v) is 6.01. The fourth-order valence-electron chi connectivity index (χ4n) is 1.73. The van der Waals surface area contributed by atoms with Gasteiger partial charge in [-0.2, -0.15) is 0 Å². The molecule has 0 unspecified atom stereocenters. The van der Waals surface area contributed by atoms with Crippen LogP contribution in [0.1, 0.15) is 12.7 Å². The zero-order valence-corrected chi connectivity index (χ0v) is 10.4. The average molecular weight is 252 g/mol. The molecule has 3 rings (SSSR count). The van der Waals surface area contributed by atoms with Gasteiger partial charge >= 0.3 is 0 Å². The van der Waals surface area contributed by atoms with Crippen molar-refractivity contribution in [3.63, 3.8) is 0 Å². The van der Waals surface area contributed by atoms with Crippen LogP contribution in [-0.4, -0.2) is 24.9 Å². The van der Waals surface area contributed by atoms with Crippen molar-refractivity contribution in [2.45, 2.75) is 13.3 Å². The van der Waals surface area contributed by atoms with Crippen LogP contribution < -0.4 is 5.32 Å². The lowest BCUT2D eigenvalue weighted by Crippen LogP contribution is -2.03. The molecule has 19 heavy (non-hydrogen) atoms. The van der Waals surface area contributed by atoms with Gasteiger partial charge in [-0.15, -0.1) is 0 Å². The number of hydrogen-bond donors (Lipinski definition) is 1. The van der Waals surface area contributed by atoms with Gasteiger partial charge in [0.15, 0.2) is 17.0 Å². The van der Waals surface area contributed by atoms with E-state index in [4.69, 9.17) is 0 Å². The predicted molar refractivity (Wildman–Crippen MR) is 72.0 cm³/mol. The van der Waals surface area contributed by atoms with Gasteiger partial charge in [0.05, 0.1) is 0 Å². The average Bonchev–Trinajstić information content (AvgIpc) is 2.48. The molecule has 0 aliphatic heterocycles.